The Kier molecular flexibility index (Phi) is 5.40. The van der Waals surface area contributed by atoms with Crippen LogP contribution in [0.2, 0.25) is 0 Å². The van der Waals surface area contributed by atoms with Crippen molar-refractivity contribution in [2.45, 2.75) is 33.0 Å². The lowest BCUT2D eigenvalue weighted by molar-refractivity contribution is 0.0981. The van der Waals surface area contributed by atoms with Gasteiger partial charge in [0.1, 0.15) is 0 Å². The molecule has 28 heavy (non-hydrogen) atoms. The van der Waals surface area contributed by atoms with Gasteiger partial charge in [-0.1, -0.05) is 12.1 Å². The number of nitrogens with zero attached hydrogens (tertiary/aromatic N) is 3. The highest BCUT2D eigenvalue weighted by Gasteiger charge is 2.26. The van der Waals surface area contributed by atoms with Crippen LogP contribution < -0.4 is 15.5 Å². The highest BCUT2D eigenvalue weighted by atomic mass is 16.5. The van der Waals surface area contributed by atoms with Gasteiger partial charge in [0.05, 0.1) is 37.3 Å². The van der Waals surface area contributed by atoms with Crippen LogP contribution in [-0.2, 0) is 22.6 Å². The molecule has 2 aliphatic heterocycles. The normalized spacial score (nSPS) is 18.6. The molecule has 0 aliphatic carbocycles. The maximum Gasteiger partial charge on any atom is 0.411 e. The van der Waals surface area contributed by atoms with Gasteiger partial charge in [-0.05, 0) is 26.0 Å². The van der Waals surface area contributed by atoms with Gasteiger partial charge in [0.25, 0.3) is 0 Å². The summed E-state index contributed by atoms with van der Waals surface area (Å²) >= 11 is 0. The lowest BCUT2D eigenvalue weighted by atomic mass is 10.1. The first-order valence-corrected chi connectivity index (χ1v) is 9.65. The summed E-state index contributed by atoms with van der Waals surface area (Å²) in [6.07, 6.45) is -0.453. The van der Waals surface area contributed by atoms with Crippen LogP contribution in [0.4, 0.5) is 16.4 Å². The molecule has 148 valence electrons. The van der Waals surface area contributed by atoms with Crippen LogP contribution in [0.15, 0.2) is 24.3 Å². The van der Waals surface area contributed by atoms with E-state index < -0.39 is 6.09 Å². The number of carbonyl (C=O) groups is 1. The zero-order valence-corrected chi connectivity index (χ0v) is 16.2. The molecule has 2 N–H and O–H groups in total. The highest BCUT2D eigenvalue weighted by Crippen LogP contribution is 2.30. The highest BCUT2D eigenvalue weighted by molar-refractivity contribution is 5.85. The Morgan fingerprint density at radius 1 is 1.32 bits per heavy atom. The van der Waals surface area contributed by atoms with E-state index in [1.54, 1.807) is 6.92 Å². The van der Waals surface area contributed by atoms with Crippen molar-refractivity contribution in [1.82, 2.24) is 15.3 Å². The second-order valence-corrected chi connectivity index (χ2v) is 6.94. The van der Waals surface area contributed by atoms with Gasteiger partial charge in [0.2, 0.25) is 5.95 Å². The number of nitrogens with one attached hydrogen (secondary N) is 2. The molecule has 1 amide bonds. The number of aromatic nitrogens is 2. The molecule has 4 rings (SSSR count). The molecular formula is C20H25N5O3. The van der Waals surface area contributed by atoms with Crippen molar-refractivity contribution in [2.75, 3.05) is 36.6 Å². The van der Waals surface area contributed by atoms with Crippen molar-refractivity contribution in [3.8, 4) is 11.3 Å². The first-order valence-electron chi connectivity index (χ1n) is 9.65. The largest absolute Gasteiger partial charge is 0.450 e. The summed E-state index contributed by atoms with van der Waals surface area (Å²) in [5.74, 6) is 0.752. The van der Waals surface area contributed by atoms with Crippen LogP contribution in [0.3, 0.4) is 0 Å². The fraction of sp³-hybridized carbons (Fsp3) is 0.450. The van der Waals surface area contributed by atoms with E-state index in [1.807, 2.05) is 24.3 Å². The minimum Gasteiger partial charge on any atom is -0.450 e. The Labute approximate surface area is 164 Å². The Bertz CT molecular complexity index is 856. The Morgan fingerprint density at radius 3 is 2.89 bits per heavy atom. The van der Waals surface area contributed by atoms with Crippen molar-refractivity contribution >= 4 is 17.7 Å². The van der Waals surface area contributed by atoms with Gasteiger partial charge in [-0.25, -0.2) is 14.8 Å². The second kappa shape index (κ2) is 8.12. The van der Waals surface area contributed by atoms with Crippen LogP contribution in [0, 0.1) is 0 Å². The summed E-state index contributed by atoms with van der Waals surface area (Å²) in [5.41, 5.74) is 4.81. The second-order valence-electron chi connectivity index (χ2n) is 6.94. The van der Waals surface area contributed by atoms with Crippen LogP contribution in [0.5, 0.6) is 0 Å². The third kappa shape index (κ3) is 3.79. The lowest BCUT2D eigenvalue weighted by Gasteiger charge is -2.33. The number of carbonyl (C=O) groups excluding carboxylic acids is 1. The molecular weight excluding hydrogens is 358 g/mol. The average Bonchev–Trinajstić information content (AvgIpc) is 3.17. The summed E-state index contributed by atoms with van der Waals surface area (Å²) in [6, 6.07) is 7.90. The number of hydrogen-bond acceptors (Lipinski definition) is 7. The predicted molar refractivity (Wildman–Crippen MR) is 106 cm³/mol. The maximum absolute atomic E-state index is 11.6. The molecule has 0 saturated carbocycles. The molecule has 3 heterocycles. The number of fused-ring (bicyclic) bond motifs is 1. The topological polar surface area (TPSA) is 88.6 Å². The van der Waals surface area contributed by atoms with Crippen molar-refractivity contribution < 1.29 is 14.3 Å². The van der Waals surface area contributed by atoms with Crippen molar-refractivity contribution in [1.29, 1.82) is 0 Å². The zero-order valence-electron chi connectivity index (χ0n) is 16.2. The molecule has 2 aliphatic rings. The summed E-state index contributed by atoms with van der Waals surface area (Å²) in [7, 11) is 0. The molecule has 1 atom stereocenters. The molecule has 2 aromatic rings. The number of amides is 1. The zero-order chi connectivity index (χ0) is 19.5. The quantitative estimate of drug-likeness (QED) is 0.839. The van der Waals surface area contributed by atoms with Crippen molar-refractivity contribution in [3.63, 3.8) is 0 Å². The van der Waals surface area contributed by atoms with Gasteiger partial charge in [0.15, 0.2) is 0 Å². The average molecular weight is 383 g/mol. The third-order valence-corrected chi connectivity index (χ3v) is 4.98. The Balaban J connectivity index is 1.64. The molecule has 0 bridgehead atoms. The van der Waals surface area contributed by atoms with Crippen molar-refractivity contribution in [3.05, 3.63) is 35.5 Å². The number of ether oxygens (including phenoxy) is 2. The lowest BCUT2D eigenvalue weighted by Crippen LogP contribution is -2.44. The molecule has 1 aromatic carbocycles. The number of anilines is 2. The first kappa shape index (κ1) is 18.6. The summed E-state index contributed by atoms with van der Waals surface area (Å²) in [6.45, 7) is 7.91. The Hall–Kier alpha value is -2.71. The summed E-state index contributed by atoms with van der Waals surface area (Å²) < 4.78 is 10.5. The Morgan fingerprint density at radius 2 is 2.14 bits per heavy atom. The van der Waals surface area contributed by atoms with Crippen LogP contribution >= 0.6 is 0 Å². The molecule has 0 spiro atoms. The predicted octanol–water partition coefficient (Wildman–Crippen LogP) is 2.54. The van der Waals surface area contributed by atoms with E-state index in [2.05, 4.69) is 22.5 Å². The SMILES string of the molecule is CCOC(=O)Nc1ccc(-c2nc(N3CCOCC3C)nc3c2CNC3)cc1. The third-order valence-electron chi connectivity index (χ3n) is 4.98. The summed E-state index contributed by atoms with van der Waals surface area (Å²) in [4.78, 5) is 23.5. The molecule has 1 aromatic heterocycles. The maximum atomic E-state index is 11.6. The van der Waals surface area contributed by atoms with E-state index in [0.717, 1.165) is 48.1 Å². The van der Waals surface area contributed by atoms with Crippen LogP contribution in [0.1, 0.15) is 25.1 Å². The van der Waals surface area contributed by atoms with E-state index in [9.17, 15) is 4.79 Å². The molecule has 1 saturated heterocycles. The van der Waals surface area contributed by atoms with E-state index >= 15 is 0 Å². The number of morpholine rings is 1. The fourth-order valence-corrected chi connectivity index (χ4v) is 3.54. The van der Waals surface area contributed by atoms with Gasteiger partial charge in [-0.2, -0.15) is 0 Å². The van der Waals surface area contributed by atoms with Crippen LogP contribution in [-0.4, -0.2) is 48.5 Å². The number of benzene rings is 1. The molecule has 0 radical (unpaired) electrons. The van der Waals surface area contributed by atoms with E-state index in [1.165, 1.54) is 0 Å². The fourth-order valence-electron chi connectivity index (χ4n) is 3.54. The van der Waals surface area contributed by atoms with Gasteiger partial charge in [-0.15, -0.1) is 0 Å². The van der Waals surface area contributed by atoms with E-state index in [-0.39, 0.29) is 6.04 Å². The number of rotatable bonds is 4. The van der Waals surface area contributed by atoms with Gasteiger partial charge in [-0.3, -0.25) is 5.32 Å². The number of hydrogen-bond donors (Lipinski definition) is 2. The van der Waals surface area contributed by atoms with Crippen molar-refractivity contribution in [2.24, 2.45) is 0 Å². The van der Waals surface area contributed by atoms with E-state index in [0.29, 0.717) is 25.5 Å². The smallest absolute Gasteiger partial charge is 0.411 e. The van der Waals surface area contributed by atoms with Gasteiger partial charge in [0, 0.05) is 36.4 Å². The van der Waals surface area contributed by atoms with Gasteiger partial charge >= 0.3 is 6.09 Å². The van der Waals surface area contributed by atoms with Crippen LogP contribution in [0.25, 0.3) is 11.3 Å². The first-order chi connectivity index (χ1) is 13.7. The molecule has 1 fully saturated rings. The van der Waals surface area contributed by atoms with Gasteiger partial charge < -0.3 is 19.7 Å². The monoisotopic (exact) mass is 383 g/mol. The standard InChI is InChI=1S/C20H25N5O3/c1-3-28-20(26)22-15-6-4-14(5-7-15)18-16-10-21-11-17(16)23-19(24-18)25-8-9-27-12-13(25)2/h4-7,13,21H,3,8-12H2,1-2H3,(H,22,26). The summed E-state index contributed by atoms with van der Waals surface area (Å²) in [5, 5.41) is 6.09. The minimum atomic E-state index is -0.453. The molecule has 8 nitrogen and oxygen atoms in total. The minimum absolute atomic E-state index is 0.241. The molecule has 8 heteroatoms. The van der Waals surface area contributed by atoms with E-state index in [4.69, 9.17) is 19.4 Å². The molecule has 1 unspecified atom stereocenters.